The van der Waals surface area contributed by atoms with Crippen molar-refractivity contribution < 1.29 is 39.6 Å². The highest BCUT2D eigenvalue weighted by Crippen LogP contribution is 2.52. The molecule has 1 aromatic carbocycles. The number of phenolic OH excluding ortho intramolecular Hbond substituents is 1. The predicted octanol–water partition coefficient (Wildman–Crippen LogP) is 1.12. The number of anilines is 1. The quantitative estimate of drug-likeness (QED) is 0.220. The van der Waals surface area contributed by atoms with Crippen molar-refractivity contribution in [2.75, 3.05) is 19.4 Å². The van der Waals surface area contributed by atoms with E-state index in [1.165, 1.54) is 11.0 Å². The molecule has 1 aromatic heterocycles. The molecule has 0 radical (unpaired) electrons. The number of nitrogens with zero attached hydrogens (tertiary/aromatic N) is 2. The van der Waals surface area contributed by atoms with Gasteiger partial charge < -0.3 is 36.0 Å². The molecule has 12 heteroatoms. The number of aliphatic hydroxyl groups is 3. The molecule has 4 atom stereocenters. The van der Waals surface area contributed by atoms with Crippen molar-refractivity contribution in [3.8, 4) is 5.75 Å². The fourth-order valence-corrected chi connectivity index (χ4v) is 6.48. The van der Waals surface area contributed by atoms with Crippen LogP contribution in [-0.4, -0.2) is 79.0 Å². The zero-order valence-electron chi connectivity index (χ0n) is 22.8. The first-order valence-corrected chi connectivity index (χ1v) is 13.2. The van der Waals surface area contributed by atoms with Gasteiger partial charge in [-0.1, -0.05) is 13.0 Å². The molecule has 0 bridgehead atoms. The Balaban J connectivity index is 1.53. The molecule has 2 amide bonds. The number of primary amides is 1. The van der Waals surface area contributed by atoms with Gasteiger partial charge in [0, 0.05) is 23.9 Å². The van der Waals surface area contributed by atoms with E-state index >= 15 is 0 Å². The molecule has 3 aliphatic carbocycles. The molecule has 0 saturated carbocycles. The van der Waals surface area contributed by atoms with Gasteiger partial charge in [-0.05, 0) is 62.5 Å². The smallest absolute Gasteiger partial charge is 0.255 e. The van der Waals surface area contributed by atoms with E-state index in [1.807, 2.05) is 19.2 Å². The Morgan fingerprint density at radius 1 is 1.17 bits per heavy atom. The van der Waals surface area contributed by atoms with Gasteiger partial charge in [0.05, 0.1) is 17.3 Å². The zero-order valence-corrected chi connectivity index (χ0v) is 22.8. The van der Waals surface area contributed by atoms with Crippen LogP contribution < -0.4 is 11.1 Å². The van der Waals surface area contributed by atoms with Gasteiger partial charge in [0.1, 0.15) is 23.6 Å². The molecule has 5 rings (SSSR count). The molecule has 0 saturated heterocycles. The number of phenols is 1. The van der Waals surface area contributed by atoms with Crippen LogP contribution in [0, 0.1) is 11.8 Å². The van der Waals surface area contributed by atoms with Gasteiger partial charge in [-0.2, -0.15) is 0 Å². The summed E-state index contributed by atoms with van der Waals surface area (Å²) in [6.45, 7) is 1.97. The number of amides is 2. The average Bonchev–Trinajstić information content (AvgIpc) is 3.34. The van der Waals surface area contributed by atoms with Crippen LogP contribution in [0.3, 0.4) is 0 Å². The van der Waals surface area contributed by atoms with Gasteiger partial charge in [0.15, 0.2) is 17.1 Å². The summed E-state index contributed by atoms with van der Waals surface area (Å²) < 4.78 is 1.69. The molecule has 7 N–H and O–H groups in total. The van der Waals surface area contributed by atoms with Gasteiger partial charge in [0.25, 0.3) is 5.91 Å². The minimum Gasteiger partial charge on any atom is -0.510 e. The summed E-state index contributed by atoms with van der Waals surface area (Å²) >= 11 is 0. The van der Waals surface area contributed by atoms with Crippen molar-refractivity contribution in [3.05, 3.63) is 69.9 Å². The number of aliphatic hydroxyl groups excluding tert-OH is 2. The Hall–Kier alpha value is -4.42. The summed E-state index contributed by atoms with van der Waals surface area (Å²) in [4.78, 5) is 53.4. The number of fused-ring (bicyclic) bond motifs is 3. The lowest BCUT2D eigenvalue weighted by Crippen LogP contribution is -2.63. The molecule has 0 spiro atoms. The molecule has 2 unspecified atom stereocenters. The molecule has 12 nitrogen and oxygen atoms in total. The van der Waals surface area contributed by atoms with Crippen LogP contribution in [0.4, 0.5) is 5.69 Å². The molecule has 0 aliphatic heterocycles. The lowest BCUT2D eigenvalue weighted by Gasteiger charge is -2.50. The maximum Gasteiger partial charge on any atom is 0.255 e. The largest absolute Gasteiger partial charge is 0.510 e. The number of hydrogen-bond acceptors (Lipinski definition) is 9. The Morgan fingerprint density at radius 3 is 2.49 bits per heavy atom. The summed E-state index contributed by atoms with van der Waals surface area (Å²) in [6.07, 6.45) is 4.57. The third-order valence-electron chi connectivity index (χ3n) is 8.42. The maximum absolute atomic E-state index is 13.8. The number of aromatic nitrogens is 1. The molecule has 3 aliphatic rings. The summed E-state index contributed by atoms with van der Waals surface area (Å²) in [5.74, 6) is -7.66. The molecular weight excluding hydrogens is 532 g/mol. The number of hydrogen-bond donors (Lipinski definition) is 6. The van der Waals surface area contributed by atoms with Crippen molar-refractivity contribution >= 4 is 29.1 Å². The highest BCUT2D eigenvalue weighted by atomic mass is 16.3. The van der Waals surface area contributed by atoms with Gasteiger partial charge >= 0.3 is 0 Å². The van der Waals surface area contributed by atoms with E-state index in [0.717, 1.165) is 12.0 Å². The van der Waals surface area contributed by atoms with Crippen molar-refractivity contribution in [1.82, 2.24) is 9.47 Å². The topological polar surface area (TPSA) is 195 Å². The van der Waals surface area contributed by atoms with Crippen molar-refractivity contribution in [3.63, 3.8) is 0 Å². The summed E-state index contributed by atoms with van der Waals surface area (Å²) in [7, 11) is 3.14. The normalized spacial score (nSPS) is 25.6. The summed E-state index contributed by atoms with van der Waals surface area (Å²) in [5.41, 5.74) is 2.85. The zero-order chi connectivity index (χ0) is 30.0. The number of aryl methyl sites for hydroxylation is 1. The van der Waals surface area contributed by atoms with E-state index < -0.39 is 69.7 Å². The van der Waals surface area contributed by atoms with Gasteiger partial charge in [-0.3, -0.25) is 24.1 Å². The minimum absolute atomic E-state index is 0.00162. The van der Waals surface area contributed by atoms with Gasteiger partial charge in [-0.15, -0.1) is 0 Å². The van der Waals surface area contributed by atoms with E-state index in [0.29, 0.717) is 5.56 Å². The first-order valence-electron chi connectivity index (χ1n) is 13.2. The maximum atomic E-state index is 13.8. The number of nitrogens with two attached hydrogens (primary N) is 1. The van der Waals surface area contributed by atoms with Crippen LogP contribution in [-0.2, 0) is 33.8 Å². The number of nitrogens with one attached hydrogen (secondary N) is 1. The van der Waals surface area contributed by atoms with Crippen LogP contribution >= 0.6 is 0 Å². The molecule has 1 heterocycles. The van der Waals surface area contributed by atoms with Crippen LogP contribution in [0.5, 0.6) is 5.75 Å². The first-order chi connectivity index (χ1) is 19.3. The standard InChI is InChI=1S/C29H32N4O8/c1-4-13-7-8-33(11-13)12-18(34)31-17-6-5-14-9-15-10-16-22(32(2)3)25(37)21(28(30)40)27(39)29(16,41)26(38)20(15)24(36)19(14)23(17)35/h5-8,11,15-16,22,35,37-38,41H,4,9-10,12H2,1-3H3,(H2,30,40)(H,31,34)/t15?,16?,22-,29-/m0/s1. The molecule has 2 aromatic rings. The van der Waals surface area contributed by atoms with E-state index in [9.17, 15) is 39.6 Å². The number of likely N-dealkylation sites (N-methyl/N-ethyl adjacent to an activating group) is 1. The van der Waals surface area contributed by atoms with Crippen molar-refractivity contribution in [2.24, 2.45) is 17.6 Å². The molecule has 0 fully saturated rings. The Morgan fingerprint density at radius 2 is 1.88 bits per heavy atom. The highest BCUT2D eigenvalue weighted by Gasteiger charge is 2.63. The summed E-state index contributed by atoms with van der Waals surface area (Å²) in [5, 5.41) is 47.5. The Bertz CT molecular complexity index is 1570. The summed E-state index contributed by atoms with van der Waals surface area (Å²) in [6, 6.07) is 3.92. The fourth-order valence-electron chi connectivity index (χ4n) is 6.48. The van der Waals surface area contributed by atoms with E-state index in [1.54, 1.807) is 30.9 Å². The third kappa shape index (κ3) is 4.21. The second kappa shape index (κ2) is 9.89. The number of rotatable bonds is 6. The van der Waals surface area contributed by atoms with E-state index in [2.05, 4.69) is 5.32 Å². The molecule has 216 valence electrons. The predicted molar refractivity (Wildman–Crippen MR) is 146 cm³/mol. The van der Waals surface area contributed by atoms with Crippen LogP contribution in [0.2, 0.25) is 0 Å². The molecular formula is C29H32N4O8. The average molecular weight is 565 g/mol. The number of ketones is 2. The van der Waals surface area contributed by atoms with Gasteiger partial charge in [-0.25, -0.2) is 0 Å². The number of carbonyl (C=O) groups excluding carboxylic acids is 4. The molecule has 41 heavy (non-hydrogen) atoms. The second-order valence-electron chi connectivity index (χ2n) is 11.1. The number of allylic oxidation sites excluding steroid dienone is 1. The SMILES string of the molecule is CCc1ccn(CC(=O)Nc2ccc3c(c2O)C(=O)C2=C(O)[C@]4(O)C(=O)C(C(N)=O)=C(O)[C@@H](N(C)C)C4CC2C3)c1. The van der Waals surface area contributed by atoms with Crippen LogP contribution in [0.25, 0.3) is 0 Å². The minimum atomic E-state index is -2.71. The fraction of sp³-hybridized carbons (Fsp3) is 0.379. The van der Waals surface area contributed by atoms with E-state index in [-0.39, 0.29) is 36.2 Å². The second-order valence-corrected chi connectivity index (χ2v) is 11.1. The lowest BCUT2D eigenvalue weighted by atomic mass is 9.58. The number of carbonyl (C=O) groups is 4. The monoisotopic (exact) mass is 564 g/mol. The Labute approximate surface area is 235 Å². The van der Waals surface area contributed by atoms with Crippen LogP contribution in [0.1, 0.15) is 34.8 Å². The van der Waals surface area contributed by atoms with E-state index in [4.69, 9.17) is 5.73 Å². The number of Topliss-reactive ketones (excluding diaryl/α,β-unsaturated/α-hetero) is 2. The Kier molecular flexibility index (Phi) is 6.79. The van der Waals surface area contributed by atoms with Crippen molar-refractivity contribution in [1.29, 1.82) is 0 Å². The van der Waals surface area contributed by atoms with Gasteiger partial charge in [0.2, 0.25) is 11.7 Å². The third-order valence-corrected chi connectivity index (χ3v) is 8.42. The number of benzene rings is 1. The van der Waals surface area contributed by atoms with Crippen LogP contribution in [0.15, 0.2) is 53.3 Å². The van der Waals surface area contributed by atoms with Crippen molar-refractivity contribution in [2.45, 2.75) is 44.4 Å². The lowest BCUT2D eigenvalue weighted by molar-refractivity contribution is -0.148. The first kappa shape index (κ1) is 28.1. The number of aromatic hydroxyl groups is 1. The highest BCUT2D eigenvalue weighted by molar-refractivity contribution is 6.25.